The Labute approximate surface area is 340 Å². The molecule has 0 aliphatic rings. The Balaban J connectivity index is -0.0000000350. The first-order chi connectivity index (χ1) is 20.0. The van der Waals surface area contributed by atoms with Crippen molar-refractivity contribution in [2.75, 3.05) is 13.2 Å². The van der Waals surface area contributed by atoms with Crippen molar-refractivity contribution >= 4 is 36.3 Å². The van der Waals surface area contributed by atoms with E-state index in [1.165, 1.54) is 24.6 Å². The van der Waals surface area contributed by atoms with Gasteiger partial charge in [0.2, 0.25) is 0 Å². The average molecular weight is 892 g/mol. The molecule has 2 aromatic rings. The monoisotopic (exact) mass is 891 g/mol. The maximum Gasteiger partial charge on any atom is 3.00 e. The first-order valence-corrected chi connectivity index (χ1v) is 12.5. The van der Waals surface area contributed by atoms with Gasteiger partial charge in [-0.25, -0.2) is 0 Å². The molecule has 2 rings (SSSR count). The molecular formula is C30H50Mn3N2O18. The number of aliphatic carboxylic acids is 4. The van der Waals surface area contributed by atoms with E-state index < -0.39 is 35.0 Å². The van der Waals surface area contributed by atoms with E-state index in [2.05, 4.69) is 9.98 Å². The van der Waals surface area contributed by atoms with Crippen molar-refractivity contribution in [3.63, 3.8) is 0 Å². The van der Waals surface area contributed by atoms with Gasteiger partial charge >= 0.3 is 51.2 Å². The van der Waals surface area contributed by atoms with Crippen LogP contribution in [0.1, 0.15) is 66.5 Å². The summed E-state index contributed by atoms with van der Waals surface area (Å²) >= 11 is 0. The summed E-state index contributed by atoms with van der Waals surface area (Å²) < 4.78 is 0. The predicted octanol–water partition coefficient (Wildman–Crippen LogP) is -9.29. The zero-order valence-corrected chi connectivity index (χ0v) is 33.7. The van der Waals surface area contributed by atoms with Crippen LogP contribution < -0.4 is 40.9 Å². The van der Waals surface area contributed by atoms with Gasteiger partial charge in [0.05, 0.1) is 0 Å². The number of hydrogen-bond donors (Lipinski definition) is 0. The summed E-state index contributed by atoms with van der Waals surface area (Å²) in [5.74, 6) is -4.48. The summed E-state index contributed by atoms with van der Waals surface area (Å²) in [7, 11) is 0. The number of benzene rings is 2. The first kappa shape index (κ1) is 87.4. The molecule has 0 spiro atoms. The van der Waals surface area contributed by atoms with Crippen LogP contribution >= 0.6 is 0 Å². The zero-order chi connectivity index (χ0) is 35.5. The van der Waals surface area contributed by atoms with Gasteiger partial charge in [-0.05, 0) is 66.5 Å². The molecule has 53 heavy (non-hydrogen) atoms. The summed E-state index contributed by atoms with van der Waals surface area (Å²) in [5.41, 5.74) is -0.229. The van der Waals surface area contributed by atoms with E-state index in [9.17, 15) is 20.4 Å². The predicted molar refractivity (Wildman–Crippen MR) is 169 cm³/mol. The van der Waals surface area contributed by atoms with Gasteiger partial charge in [-0.1, -0.05) is 48.5 Å². The summed E-state index contributed by atoms with van der Waals surface area (Å²) in [6.07, 6.45) is 2.94. The largest absolute Gasteiger partial charge is 3.00 e. The second kappa shape index (κ2) is 50.6. The van der Waals surface area contributed by atoms with Crippen LogP contribution in [0.2, 0.25) is 0 Å². The molecule has 0 fully saturated rings. The zero-order valence-electron chi connectivity index (χ0n) is 30.1. The second-order valence-corrected chi connectivity index (χ2v) is 9.47. The summed E-state index contributed by atoms with van der Waals surface area (Å²) in [4.78, 5) is 43.7. The van der Waals surface area contributed by atoms with Crippen LogP contribution in [0.5, 0.6) is 11.5 Å². The Morgan fingerprint density at radius 3 is 0.849 bits per heavy atom. The Morgan fingerprint density at radius 2 is 0.698 bits per heavy atom. The quantitative estimate of drug-likeness (QED) is 0.193. The number of carboxylic acid groups (broad SMARTS) is 4. The SMILES string of the molecule is CC(=O)[O-].CC(=O)[O-].CC(=O)[O-].CC(=O)[O-].CC(C)(C[O-])N=Cc1ccccc1[O-].CC(C)(C[O-])N=Cc1ccccc1[O-].O.O.O.O.O.O.[Mn+2].[Mn+3].[Mn+3]. The number of hydrogen-bond acceptors (Lipinski definition) is 14. The van der Waals surface area contributed by atoms with Crippen molar-refractivity contribution in [2.24, 2.45) is 9.98 Å². The van der Waals surface area contributed by atoms with Crippen LogP contribution in [-0.4, -0.2) is 93.5 Å². The van der Waals surface area contributed by atoms with E-state index in [-0.39, 0.29) is 109 Å². The molecular weight excluding hydrogens is 841 g/mol. The van der Waals surface area contributed by atoms with Gasteiger partial charge in [0, 0.05) is 47.4 Å². The van der Waals surface area contributed by atoms with Gasteiger partial charge in [-0.3, -0.25) is 9.98 Å². The molecule has 0 saturated carbocycles. The molecule has 0 bridgehead atoms. The smallest absolute Gasteiger partial charge is 0.872 e. The van der Waals surface area contributed by atoms with Crippen molar-refractivity contribution in [1.82, 2.24) is 0 Å². The van der Waals surface area contributed by atoms with Crippen molar-refractivity contribution in [2.45, 2.75) is 66.5 Å². The third-order valence-electron chi connectivity index (χ3n) is 3.65. The standard InChI is InChI=1S/2C11H14NO2.4C2H4O2.3Mn.6H2O/c2*1-11(2,8-13)12-7-9-5-3-4-6-10(9)14;4*1-2(3)4;;;;;;;;;/h2*3-7,14H,8H2,1-2H3;4*1H3,(H,3,4);;;;6*1H2/q2*-1;;;;;+2;2*+3;;;;;;/p-6. The maximum atomic E-state index is 11.3. The van der Waals surface area contributed by atoms with Gasteiger partial charge in [0.25, 0.3) is 0 Å². The number of nitrogens with zero attached hydrogens (tertiary/aromatic N) is 2. The summed E-state index contributed by atoms with van der Waals surface area (Å²) in [6.45, 7) is 10.3. The third kappa shape index (κ3) is 78.7. The Kier molecular flexibility index (Phi) is 83.5. The molecule has 20 nitrogen and oxygen atoms in total. The molecule has 0 amide bonds. The molecule has 0 saturated heterocycles. The number of rotatable bonds is 6. The minimum atomic E-state index is -1.08. The van der Waals surface area contributed by atoms with Gasteiger partial charge in [-0.15, -0.1) is 24.7 Å². The van der Waals surface area contributed by atoms with E-state index in [0.29, 0.717) is 11.1 Å². The van der Waals surface area contributed by atoms with E-state index in [4.69, 9.17) is 39.6 Å². The van der Waals surface area contributed by atoms with Crippen LogP contribution in [0.25, 0.3) is 0 Å². The van der Waals surface area contributed by atoms with Gasteiger partial charge in [-0.2, -0.15) is 0 Å². The number of carbonyl (C=O) groups excluding carboxylic acids is 4. The minimum absolute atomic E-state index is 0. The molecule has 309 valence electrons. The summed E-state index contributed by atoms with van der Waals surface area (Å²) in [6, 6.07) is 13.2. The number of carboxylic acids is 4. The normalized spacial score (nSPS) is 8.34. The molecule has 1 radical (unpaired) electrons. The molecule has 12 N–H and O–H groups in total. The third-order valence-corrected chi connectivity index (χ3v) is 3.65. The van der Waals surface area contributed by atoms with Gasteiger partial charge in [0.1, 0.15) is 0 Å². The van der Waals surface area contributed by atoms with E-state index >= 15 is 0 Å². The molecule has 0 aliphatic carbocycles. The van der Waals surface area contributed by atoms with E-state index in [1.807, 2.05) is 0 Å². The van der Waals surface area contributed by atoms with Gasteiger partial charge in [0.15, 0.2) is 0 Å². The molecule has 23 heteroatoms. The van der Waals surface area contributed by atoms with Crippen LogP contribution in [0, 0.1) is 0 Å². The van der Waals surface area contributed by atoms with Crippen molar-refractivity contribution in [3.05, 3.63) is 59.7 Å². The molecule has 0 heterocycles. The average Bonchev–Trinajstić information content (AvgIpc) is 2.87. The van der Waals surface area contributed by atoms with Crippen LogP contribution in [-0.2, 0) is 70.4 Å². The van der Waals surface area contributed by atoms with Gasteiger partial charge < -0.3 is 92.9 Å². The van der Waals surface area contributed by atoms with Crippen LogP contribution in [0.4, 0.5) is 0 Å². The molecule has 0 unspecified atom stereocenters. The Hall–Kier alpha value is -3.50. The molecule has 0 aromatic heterocycles. The minimum Gasteiger partial charge on any atom is -0.872 e. The topological polar surface area (TPSA) is 466 Å². The number of para-hydroxylation sites is 2. The van der Waals surface area contributed by atoms with Crippen molar-refractivity contribution in [1.29, 1.82) is 0 Å². The van der Waals surface area contributed by atoms with Crippen LogP contribution in [0.3, 0.4) is 0 Å². The van der Waals surface area contributed by atoms with Crippen molar-refractivity contribution in [3.8, 4) is 11.5 Å². The number of aliphatic imine (C=N–C) groups is 2. The summed E-state index contributed by atoms with van der Waals surface area (Å²) in [5, 5.41) is 79.4. The van der Waals surface area contributed by atoms with E-state index in [1.54, 1.807) is 64.1 Å². The molecule has 2 aromatic carbocycles. The Bertz CT molecular complexity index is 1070. The fourth-order valence-electron chi connectivity index (χ4n) is 1.74. The van der Waals surface area contributed by atoms with Crippen LogP contribution in [0.15, 0.2) is 58.5 Å². The second-order valence-electron chi connectivity index (χ2n) is 9.47. The number of carbonyl (C=O) groups is 4. The molecule has 0 aliphatic heterocycles. The maximum absolute atomic E-state index is 11.3. The first-order valence-electron chi connectivity index (χ1n) is 12.5. The van der Waals surface area contributed by atoms with Crippen molar-refractivity contribution < 1.29 is 144 Å². The fraction of sp³-hybridized carbons (Fsp3) is 0.400. The fourth-order valence-corrected chi connectivity index (χ4v) is 1.74. The Morgan fingerprint density at radius 1 is 0.528 bits per heavy atom. The van der Waals surface area contributed by atoms with E-state index in [0.717, 1.165) is 27.7 Å². The molecule has 0 atom stereocenters.